The number of aliphatic carboxylic acids is 1. The molecular weight excluding hydrogens is 334 g/mol. The van der Waals surface area contributed by atoms with E-state index in [-0.39, 0.29) is 18.9 Å². The van der Waals surface area contributed by atoms with Crippen LogP contribution in [0, 0.1) is 5.92 Å². The van der Waals surface area contributed by atoms with E-state index < -0.39 is 5.97 Å². The Morgan fingerprint density at radius 1 is 1.24 bits per heavy atom. The number of rotatable bonds is 8. The molecule has 0 unspecified atom stereocenters. The van der Waals surface area contributed by atoms with Crippen LogP contribution >= 0.6 is 15.9 Å². The monoisotopic (exact) mass is 355 g/mol. The number of benzene rings is 1. The predicted molar refractivity (Wildman–Crippen MR) is 86.1 cm³/mol. The highest BCUT2D eigenvalue weighted by atomic mass is 79.9. The van der Waals surface area contributed by atoms with Crippen molar-refractivity contribution in [3.8, 4) is 0 Å². The highest BCUT2D eigenvalue weighted by Gasteiger charge is 2.16. The van der Waals surface area contributed by atoms with Crippen LogP contribution in [0.25, 0.3) is 0 Å². The fraction of sp³-hybridized carbons (Fsp3) is 0.500. The summed E-state index contributed by atoms with van der Waals surface area (Å²) in [6.07, 6.45) is 1.05. The van der Waals surface area contributed by atoms with Crippen molar-refractivity contribution in [2.24, 2.45) is 5.92 Å². The number of aryl methyl sites for hydroxylation is 1. The molecule has 0 radical (unpaired) electrons. The maximum absolute atomic E-state index is 12.3. The molecule has 1 rings (SSSR count). The Kier molecular flexibility index (Phi) is 7.43. The molecule has 1 amide bonds. The molecule has 4 nitrogen and oxygen atoms in total. The van der Waals surface area contributed by atoms with Crippen molar-refractivity contribution in [1.82, 2.24) is 4.90 Å². The van der Waals surface area contributed by atoms with E-state index in [4.69, 9.17) is 5.11 Å². The number of hydrogen-bond donors (Lipinski definition) is 1. The van der Waals surface area contributed by atoms with Gasteiger partial charge in [-0.15, -0.1) is 0 Å². The van der Waals surface area contributed by atoms with Crippen LogP contribution in [0.1, 0.15) is 32.3 Å². The van der Waals surface area contributed by atoms with Gasteiger partial charge in [0.1, 0.15) is 0 Å². The summed E-state index contributed by atoms with van der Waals surface area (Å²) in [6.45, 7) is 4.92. The Bertz CT molecular complexity index is 488. The van der Waals surface area contributed by atoms with E-state index in [9.17, 15) is 9.59 Å². The van der Waals surface area contributed by atoms with Crippen LogP contribution in [0.4, 0.5) is 0 Å². The smallest absolute Gasteiger partial charge is 0.305 e. The molecule has 1 aromatic rings. The second kappa shape index (κ2) is 8.82. The summed E-state index contributed by atoms with van der Waals surface area (Å²) in [6, 6.07) is 7.83. The number of carbonyl (C=O) groups is 2. The maximum atomic E-state index is 12.3. The quantitative estimate of drug-likeness (QED) is 0.777. The Hall–Kier alpha value is -1.36. The van der Waals surface area contributed by atoms with Crippen molar-refractivity contribution in [3.05, 3.63) is 34.3 Å². The highest BCUT2D eigenvalue weighted by molar-refractivity contribution is 9.10. The second-order valence-corrected chi connectivity index (χ2v) is 6.32. The van der Waals surface area contributed by atoms with Gasteiger partial charge in [-0.1, -0.05) is 48.0 Å². The molecule has 0 heterocycles. The van der Waals surface area contributed by atoms with Gasteiger partial charge >= 0.3 is 5.97 Å². The molecule has 21 heavy (non-hydrogen) atoms. The van der Waals surface area contributed by atoms with Crippen LogP contribution in [0.15, 0.2) is 28.7 Å². The third-order valence-electron chi connectivity index (χ3n) is 3.10. The molecular formula is C16H22BrNO3. The third-order valence-corrected chi connectivity index (χ3v) is 3.87. The molecule has 0 aliphatic rings. The van der Waals surface area contributed by atoms with Gasteiger partial charge in [0, 0.05) is 24.0 Å². The lowest BCUT2D eigenvalue weighted by molar-refractivity contribution is -0.138. The van der Waals surface area contributed by atoms with Crippen LogP contribution in [-0.2, 0) is 16.0 Å². The van der Waals surface area contributed by atoms with Gasteiger partial charge in [0.2, 0.25) is 5.91 Å². The summed E-state index contributed by atoms with van der Waals surface area (Å²) in [4.78, 5) is 24.6. The van der Waals surface area contributed by atoms with Crippen molar-refractivity contribution in [2.45, 2.75) is 33.1 Å². The number of carboxylic acid groups (broad SMARTS) is 1. The molecule has 1 aromatic carbocycles. The summed E-state index contributed by atoms with van der Waals surface area (Å²) in [5, 5.41) is 8.78. The summed E-state index contributed by atoms with van der Waals surface area (Å²) in [5.74, 6) is -0.533. The average Bonchev–Trinajstić information content (AvgIpc) is 2.41. The molecule has 116 valence electrons. The average molecular weight is 356 g/mol. The molecule has 0 bridgehead atoms. The normalized spacial score (nSPS) is 10.7. The lowest BCUT2D eigenvalue weighted by Gasteiger charge is -2.24. The molecule has 0 aliphatic carbocycles. The topological polar surface area (TPSA) is 57.6 Å². The number of amides is 1. The summed E-state index contributed by atoms with van der Waals surface area (Å²) < 4.78 is 0.999. The van der Waals surface area contributed by atoms with Crippen molar-refractivity contribution in [3.63, 3.8) is 0 Å². The first-order valence-electron chi connectivity index (χ1n) is 7.13. The first-order chi connectivity index (χ1) is 9.90. The zero-order valence-corrected chi connectivity index (χ0v) is 14.1. The zero-order chi connectivity index (χ0) is 15.8. The van der Waals surface area contributed by atoms with Crippen LogP contribution < -0.4 is 0 Å². The second-order valence-electron chi connectivity index (χ2n) is 5.47. The van der Waals surface area contributed by atoms with Gasteiger partial charge in [-0.2, -0.15) is 0 Å². The Labute approximate surface area is 134 Å². The van der Waals surface area contributed by atoms with Gasteiger partial charge < -0.3 is 10.0 Å². The maximum Gasteiger partial charge on any atom is 0.305 e. The Balaban J connectivity index is 2.59. The van der Waals surface area contributed by atoms with Gasteiger partial charge in [-0.05, 0) is 24.0 Å². The minimum atomic E-state index is -0.873. The number of nitrogens with zero attached hydrogens (tertiary/aromatic N) is 1. The van der Waals surface area contributed by atoms with E-state index >= 15 is 0 Å². The highest BCUT2D eigenvalue weighted by Crippen LogP contribution is 2.18. The first kappa shape index (κ1) is 17.7. The fourth-order valence-corrected chi connectivity index (χ4v) is 2.57. The number of carbonyl (C=O) groups excluding carboxylic acids is 1. The summed E-state index contributed by atoms with van der Waals surface area (Å²) >= 11 is 3.47. The zero-order valence-electron chi connectivity index (χ0n) is 12.5. The van der Waals surface area contributed by atoms with Crippen LogP contribution in [0.3, 0.4) is 0 Å². The minimum absolute atomic E-state index is 0.00646. The lowest BCUT2D eigenvalue weighted by Crippen LogP contribution is -2.36. The summed E-state index contributed by atoms with van der Waals surface area (Å²) in [5.41, 5.74) is 1.09. The van der Waals surface area contributed by atoms with E-state index in [1.165, 1.54) is 0 Å². The van der Waals surface area contributed by atoms with Crippen LogP contribution in [-0.4, -0.2) is 35.0 Å². The lowest BCUT2D eigenvalue weighted by atomic mass is 10.1. The largest absolute Gasteiger partial charge is 0.481 e. The van der Waals surface area contributed by atoms with E-state index in [0.717, 1.165) is 10.0 Å². The molecule has 0 spiro atoms. The van der Waals surface area contributed by atoms with Crippen molar-refractivity contribution < 1.29 is 14.7 Å². The van der Waals surface area contributed by atoms with Crippen LogP contribution in [0.5, 0.6) is 0 Å². The molecule has 0 atom stereocenters. The molecule has 0 aromatic heterocycles. The van der Waals surface area contributed by atoms with Crippen LogP contribution in [0.2, 0.25) is 0 Å². The van der Waals surface area contributed by atoms with E-state index in [2.05, 4.69) is 15.9 Å². The van der Waals surface area contributed by atoms with Crippen molar-refractivity contribution in [2.75, 3.05) is 13.1 Å². The molecule has 0 aliphatic heterocycles. The number of carboxylic acids is 1. The molecule has 0 saturated carbocycles. The molecule has 0 saturated heterocycles. The van der Waals surface area contributed by atoms with Gasteiger partial charge in [0.25, 0.3) is 0 Å². The van der Waals surface area contributed by atoms with Gasteiger partial charge in [0.15, 0.2) is 0 Å². The van der Waals surface area contributed by atoms with Gasteiger partial charge in [-0.25, -0.2) is 0 Å². The first-order valence-corrected chi connectivity index (χ1v) is 7.92. The Morgan fingerprint density at radius 3 is 2.48 bits per heavy atom. The molecule has 1 N–H and O–H groups in total. The minimum Gasteiger partial charge on any atom is -0.481 e. The number of halogens is 1. The van der Waals surface area contributed by atoms with Crippen molar-refractivity contribution >= 4 is 27.8 Å². The Morgan fingerprint density at radius 2 is 1.90 bits per heavy atom. The van der Waals surface area contributed by atoms with E-state index in [0.29, 0.717) is 25.3 Å². The molecule has 0 fully saturated rings. The van der Waals surface area contributed by atoms with Crippen molar-refractivity contribution in [1.29, 1.82) is 0 Å². The number of hydrogen-bond acceptors (Lipinski definition) is 2. The standard InChI is InChI=1S/C16H22BrNO3/c1-12(2)11-18(10-9-16(20)21)15(19)8-7-13-5-3-4-6-14(13)17/h3-6,12H,7-11H2,1-2H3,(H,20,21). The molecule has 5 heteroatoms. The fourth-order valence-electron chi connectivity index (χ4n) is 2.09. The van der Waals surface area contributed by atoms with E-state index in [1.807, 2.05) is 38.1 Å². The van der Waals surface area contributed by atoms with Gasteiger partial charge in [-0.3, -0.25) is 9.59 Å². The predicted octanol–water partition coefficient (Wildman–Crippen LogP) is 3.34. The SMILES string of the molecule is CC(C)CN(CCC(=O)O)C(=O)CCc1ccccc1Br. The van der Waals surface area contributed by atoms with E-state index in [1.54, 1.807) is 4.90 Å². The summed E-state index contributed by atoms with van der Waals surface area (Å²) in [7, 11) is 0. The van der Waals surface area contributed by atoms with Gasteiger partial charge in [0.05, 0.1) is 6.42 Å². The third kappa shape index (κ3) is 6.76.